The highest BCUT2D eigenvalue weighted by Crippen LogP contribution is 2.34. The Hall–Kier alpha value is -3.29. The summed E-state index contributed by atoms with van der Waals surface area (Å²) < 4.78 is 0. The van der Waals surface area contributed by atoms with Gasteiger partial charge in [-0.2, -0.15) is 0 Å². The molecule has 0 spiro atoms. The number of nitrogens with zero attached hydrogens (tertiary/aromatic N) is 5. The van der Waals surface area contributed by atoms with Gasteiger partial charge in [-0.3, -0.25) is 19.4 Å². The van der Waals surface area contributed by atoms with Crippen molar-refractivity contribution in [2.75, 3.05) is 37.6 Å². The Morgan fingerprint density at radius 1 is 1.09 bits per heavy atom. The lowest BCUT2D eigenvalue weighted by Crippen LogP contribution is -2.52. The smallest absolute Gasteiger partial charge is 0.274 e. The molecule has 2 saturated heterocycles. The minimum Gasteiger partial charge on any atom is -0.339 e. The Balaban J connectivity index is 1.38. The van der Waals surface area contributed by atoms with Crippen LogP contribution in [0.1, 0.15) is 48.7 Å². The molecule has 1 aromatic carbocycles. The standard InChI is InChI=1S/C24H29N5O3/c1-3-17(2)19-6-4-5-7-21(19)29-16-18(14-22(29)30)23(31)27-10-12-28(13-11-27)24(32)20-15-25-8-9-26-20/h4-9,15,17-18H,3,10-14,16H2,1-2H3. The predicted octanol–water partition coefficient (Wildman–Crippen LogP) is 2.33. The molecule has 3 amide bonds. The molecule has 0 bridgehead atoms. The third-order valence-electron chi connectivity index (χ3n) is 6.51. The molecular weight excluding hydrogens is 406 g/mol. The normalized spacial score (nSPS) is 19.9. The van der Waals surface area contributed by atoms with E-state index < -0.39 is 0 Å². The molecule has 0 saturated carbocycles. The summed E-state index contributed by atoms with van der Waals surface area (Å²) in [6.07, 6.45) is 5.69. The van der Waals surface area contributed by atoms with Gasteiger partial charge in [-0.1, -0.05) is 32.0 Å². The minimum atomic E-state index is -0.352. The summed E-state index contributed by atoms with van der Waals surface area (Å²) >= 11 is 0. The molecule has 8 heteroatoms. The van der Waals surface area contributed by atoms with Crippen molar-refractivity contribution in [1.29, 1.82) is 0 Å². The van der Waals surface area contributed by atoms with Gasteiger partial charge in [-0.25, -0.2) is 4.98 Å². The lowest BCUT2D eigenvalue weighted by atomic mass is 9.96. The fraction of sp³-hybridized carbons (Fsp3) is 0.458. The molecule has 2 unspecified atom stereocenters. The SMILES string of the molecule is CCC(C)c1ccccc1N1CC(C(=O)N2CCN(C(=O)c3cnccn3)CC2)CC1=O. The lowest BCUT2D eigenvalue weighted by Gasteiger charge is -2.35. The van der Waals surface area contributed by atoms with E-state index in [4.69, 9.17) is 0 Å². The van der Waals surface area contributed by atoms with Gasteiger partial charge in [0.05, 0.1) is 12.1 Å². The van der Waals surface area contributed by atoms with Crippen molar-refractivity contribution in [3.63, 3.8) is 0 Å². The van der Waals surface area contributed by atoms with Gasteiger partial charge in [0.2, 0.25) is 11.8 Å². The van der Waals surface area contributed by atoms with Crippen LogP contribution in [0.25, 0.3) is 0 Å². The number of hydrogen-bond acceptors (Lipinski definition) is 5. The van der Waals surface area contributed by atoms with Crippen LogP contribution in [0.3, 0.4) is 0 Å². The van der Waals surface area contributed by atoms with Crippen LogP contribution < -0.4 is 4.90 Å². The summed E-state index contributed by atoms with van der Waals surface area (Å²) in [7, 11) is 0. The molecule has 2 aromatic rings. The van der Waals surface area contributed by atoms with Gasteiger partial charge in [0.1, 0.15) is 5.69 Å². The van der Waals surface area contributed by atoms with Crippen molar-refractivity contribution in [2.24, 2.45) is 5.92 Å². The molecule has 0 radical (unpaired) electrons. The summed E-state index contributed by atoms with van der Waals surface area (Å²) in [5.41, 5.74) is 2.37. The van der Waals surface area contributed by atoms with E-state index in [0.717, 1.165) is 17.7 Å². The molecule has 3 heterocycles. The van der Waals surface area contributed by atoms with Crippen LogP contribution in [0, 0.1) is 5.92 Å². The van der Waals surface area contributed by atoms with E-state index in [0.29, 0.717) is 44.3 Å². The third kappa shape index (κ3) is 4.35. The second-order valence-electron chi connectivity index (χ2n) is 8.48. The summed E-state index contributed by atoms with van der Waals surface area (Å²) in [4.78, 5) is 51.8. The Bertz CT molecular complexity index is 988. The van der Waals surface area contributed by atoms with E-state index in [-0.39, 0.29) is 30.1 Å². The number of anilines is 1. The number of carbonyl (C=O) groups is 3. The third-order valence-corrected chi connectivity index (χ3v) is 6.51. The van der Waals surface area contributed by atoms with Crippen LogP contribution in [0.4, 0.5) is 5.69 Å². The fourth-order valence-corrected chi connectivity index (χ4v) is 4.44. The number of hydrogen-bond donors (Lipinski definition) is 0. The molecule has 32 heavy (non-hydrogen) atoms. The summed E-state index contributed by atoms with van der Waals surface area (Å²) in [6.45, 7) is 6.50. The van der Waals surface area contributed by atoms with Crippen molar-refractivity contribution in [2.45, 2.75) is 32.6 Å². The number of amides is 3. The van der Waals surface area contributed by atoms with E-state index in [9.17, 15) is 14.4 Å². The van der Waals surface area contributed by atoms with Gasteiger partial charge in [0.25, 0.3) is 5.91 Å². The van der Waals surface area contributed by atoms with Crippen molar-refractivity contribution in [1.82, 2.24) is 19.8 Å². The zero-order valence-corrected chi connectivity index (χ0v) is 18.6. The van der Waals surface area contributed by atoms with E-state index >= 15 is 0 Å². The highest BCUT2D eigenvalue weighted by Gasteiger charge is 2.39. The van der Waals surface area contributed by atoms with Gasteiger partial charge >= 0.3 is 0 Å². The largest absolute Gasteiger partial charge is 0.339 e. The molecular formula is C24H29N5O3. The van der Waals surface area contributed by atoms with Crippen LogP contribution in [0.15, 0.2) is 42.9 Å². The Morgan fingerprint density at radius 2 is 1.81 bits per heavy atom. The molecule has 4 rings (SSSR count). The second-order valence-corrected chi connectivity index (χ2v) is 8.48. The van der Waals surface area contributed by atoms with Gasteiger partial charge in [-0.05, 0) is 24.0 Å². The average Bonchev–Trinajstić information content (AvgIpc) is 3.24. The minimum absolute atomic E-state index is 0.00410. The zero-order valence-electron chi connectivity index (χ0n) is 18.6. The van der Waals surface area contributed by atoms with Crippen LogP contribution in [-0.4, -0.2) is 70.2 Å². The highest BCUT2D eigenvalue weighted by atomic mass is 16.2. The molecule has 0 aliphatic carbocycles. The second kappa shape index (κ2) is 9.46. The number of carbonyl (C=O) groups excluding carboxylic acids is 3. The Kier molecular flexibility index (Phi) is 6.48. The molecule has 168 valence electrons. The number of para-hydroxylation sites is 1. The maximum absolute atomic E-state index is 13.2. The molecule has 2 aliphatic rings. The maximum atomic E-state index is 13.2. The number of benzene rings is 1. The topological polar surface area (TPSA) is 86.7 Å². The molecule has 2 fully saturated rings. The molecule has 1 aromatic heterocycles. The quantitative estimate of drug-likeness (QED) is 0.719. The van der Waals surface area contributed by atoms with Crippen LogP contribution in [-0.2, 0) is 9.59 Å². The lowest BCUT2D eigenvalue weighted by molar-refractivity contribution is -0.137. The first-order valence-corrected chi connectivity index (χ1v) is 11.2. The van der Waals surface area contributed by atoms with Crippen LogP contribution >= 0.6 is 0 Å². The average molecular weight is 436 g/mol. The molecule has 0 N–H and O–H groups in total. The fourth-order valence-electron chi connectivity index (χ4n) is 4.44. The molecule has 2 aliphatic heterocycles. The van der Waals surface area contributed by atoms with Gasteiger partial charge < -0.3 is 14.7 Å². The van der Waals surface area contributed by atoms with E-state index in [1.807, 2.05) is 18.2 Å². The highest BCUT2D eigenvalue weighted by molar-refractivity contribution is 6.01. The van der Waals surface area contributed by atoms with Crippen LogP contribution in [0.5, 0.6) is 0 Å². The maximum Gasteiger partial charge on any atom is 0.274 e. The number of rotatable bonds is 5. The van der Waals surface area contributed by atoms with Crippen molar-refractivity contribution < 1.29 is 14.4 Å². The van der Waals surface area contributed by atoms with Crippen molar-refractivity contribution >= 4 is 23.4 Å². The molecule has 8 nitrogen and oxygen atoms in total. The van der Waals surface area contributed by atoms with E-state index in [2.05, 4.69) is 29.9 Å². The first kappa shape index (κ1) is 21.9. The van der Waals surface area contributed by atoms with Gasteiger partial charge in [0, 0.05) is 57.2 Å². The van der Waals surface area contributed by atoms with Gasteiger partial charge in [0.15, 0.2) is 0 Å². The Morgan fingerprint density at radius 3 is 2.50 bits per heavy atom. The first-order chi connectivity index (χ1) is 15.5. The Labute approximate surface area is 188 Å². The van der Waals surface area contributed by atoms with Crippen molar-refractivity contribution in [3.05, 3.63) is 54.1 Å². The summed E-state index contributed by atoms with van der Waals surface area (Å²) in [5, 5.41) is 0. The molecule has 2 atom stereocenters. The van der Waals surface area contributed by atoms with Gasteiger partial charge in [-0.15, -0.1) is 0 Å². The zero-order chi connectivity index (χ0) is 22.7. The predicted molar refractivity (Wildman–Crippen MR) is 120 cm³/mol. The van der Waals surface area contributed by atoms with Crippen molar-refractivity contribution in [3.8, 4) is 0 Å². The van der Waals surface area contributed by atoms with E-state index in [1.54, 1.807) is 14.7 Å². The monoisotopic (exact) mass is 435 g/mol. The number of piperazine rings is 1. The number of aromatic nitrogens is 2. The first-order valence-electron chi connectivity index (χ1n) is 11.2. The van der Waals surface area contributed by atoms with Crippen LogP contribution in [0.2, 0.25) is 0 Å². The summed E-state index contributed by atoms with van der Waals surface area (Å²) in [6, 6.07) is 7.98. The summed E-state index contributed by atoms with van der Waals surface area (Å²) in [5.74, 6) is -0.193. The van der Waals surface area contributed by atoms with E-state index in [1.165, 1.54) is 18.6 Å².